The standard InChI is InChI=1S/C14H19BrO/c1-16-14-8-5-11(6-9-14)2-3-12-4-7-13(15)10-12/h5-6,8-9,12-13H,2-4,7,10H2,1H3. The molecule has 88 valence electrons. The zero-order valence-electron chi connectivity index (χ0n) is 9.79. The zero-order valence-corrected chi connectivity index (χ0v) is 11.4. The molecule has 1 saturated carbocycles. The maximum Gasteiger partial charge on any atom is 0.118 e. The quantitative estimate of drug-likeness (QED) is 0.753. The molecule has 2 rings (SSSR count). The van der Waals surface area contributed by atoms with Gasteiger partial charge in [0.2, 0.25) is 0 Å². The second kappa shape index (κ2) is 5.72. The number of ether oxygens (including phenoxy) is 1. The summed E-state index contributed by atoms with van der Waals surface area (Å²) in [6.45, 7) is 0. The summed E-state index contributed by atoms with van der Waals surface area (Å²) in [5.74, 6) is 1.87. The fraction of sp³-hybridized carbons (Fsp3) is 0.571. The molecule has 0 bridgehead atoms. The van der Waals surface area contributed by atoms with Crippen molar-refractivity contribution in [3.05, 3.63) is 29.8 Å². The fourth-order valence-electron chi connectivity index (χ4n) is 2.44. The number of benzene rings is 1. The topological polar surface area (TPSA) is 9.23 Å². The van der Waals surface area contributed by atoms with Gasteiger partial charge >= 0.3 is 0 Å². The van der Waals surface area contributed by atoms with Gasteiger partial charge in [-0.05, 0) is 55.7 Å². The highest BCUT2D eigenvalue weighted by Gasteiger charge is 2.21. The van der Waals surface area contributed by atoms with E-state index in [1.54, 1.807) is 7.11 Å². The molecule has 0 heterocycles. The summed E-state index contributed by atoms with van der Waals surface area (Å²) in [6.07, 6.45) is 6.64. The van der Waals surface area contributed by atoms with Crippen LogP contribution in [0.4, 0.5) is 0 Å². The lowest BCUT2D eigenvalue weighted by Gasteiger charge is -2.09. The van der Waals surface area contributed by atoms with Crippen molar-refractivity contribution < 1.29 is 4.74 Å². The molecule has 1 aliphatic rings. The van der Waals surface area contributed by atoms with Crippen LogP contribution in [0, 0.1) is 5.92 Å². The van der Waals surface area contributed by atoms with E-state index in [9.17, 15) is 0 Å². The van der Waals surface area contributed by atoms with E-state index in [0.29, 0.717) is 0 Å². The van der Waals surface area contributed by atoms with Crippen LogP contribution < -0.4 is 4.74 Å². The third-order valence-corrected chi connectivity index (χ3v) is 4.31. The van der Waals surface area contributed by atoms with Gasteiger partial charge in [0.05, 0.1) is 7.11 Å². The SMILES string of the molecule is COc1ccc(CCC2CCC(Br)C2)cc1. The lowest BCUT2D eigenvalue weighted by atomic mass is 9.98. The lowest BCUT2D eigenvalue weighted by molar-refractivity contribution is 0.414. The molecule has 1 nitrogen and oxygen atoms in total. The van der Waals surface area contributed by atoms with Gasteiger partial charge in [0.1, 0.15) is 5.75 Å². The molecule has 1 aromatic carbocycles. The summed E-state index contributed by atoms with van der Waals surface area (Å²) in [5.41, 5.74) is 1.43. The highest BCUT2D eigenvalue weighted by Crippen LogP contribution is 2.33. The van der Waals surface area contributed by atoms with E-state index in [0.717, 1.165) is 16.5 Å². The molecule has 0 spiro atoms. The van der Waals surface area contributed by atoms with Crippen LogP contribution in [-0.2, 0) is 6.42 Å². The first kappa shape index (κ1) is 12.0. The van der Waals surface area contributed by atoms with Crippen LogP contribution in [0.2, 0.25) is 0 Å². The van der Waals surface area contributed by atoms with E-state index in [4.69, 9.17) is 4.74 Å². The van der Waals surface area contributed by atoms with Gasteiger partial charge in [0.25, 0.3) is 0 Å². The molecule has 0 aliphatic heterocycles. The summed E-state index contributed by atoms with van der Waals surface area (Å²) >= 11 is 3.71. The van der Waals surface area contributed by atoms with Crippen molar-refractivity contribution in [2.24, 2.45) is 5.92 Å². The number of aryl methyl sites for hydroxylation is 1. The predicted octanol–water partition coefficient (Wildman–Crippen LogP) is 4.19. The van der Waals surface area contributed by atoms with E-state index in [1.807, 2.05) is 0 Å². The fourth-order valence-corrected chi connectivity index (χ4v) is 3.23. The van der Waals surface area contributed by atoms with Crippen LogP contribution >= 0.6 is 15.9 Å². The van der Waals surface area contributed by atoms with Gasteiger partial charge in [-0.2, -0.15) is 0 Å². The largest absolute Gasteiger partial charge is 0.497 e. The van der Waals surface area contributed by atoms with Gasteiger partial charge in [-0.1, -0.05) is 28.1 Å². The number of hydrogen-bond donors (Lipinski definition) is 0. The van der Waals surface area contributed by atoms with Crippen molar-refractivity contribution >= 4 is 15.9 Å². The first-order chi connectivity index (χ1) is 7.78. The molecular formula is C14H19BrO. The van der Waals surface area contributed by atoms with Crippen LogP contribution in [0.1, 0.15) is 31.2 Å². The van der Waals surface area contributed by atoms with Gasteiger partial charge < -0.3 is 4.74 Å². The van der Waals surface area contributed by atoms with Crippen molar-refractivity contribution in [3.63, 3.8) is 0 Å². The number of methoxy groups -OCH3 is 1. The molecule has 0 aromatic heterocycles. The Kier molecular flexibility index (Phi) is 4.28. The average molecular weight is 283 g/mol. The van der Waals surface area contributed by atoms with E-state index in [-0.39, 0.29) is 0 Å². The molecule has 2 heteroatoms. The lowest BCUT2D eigenvalue weighted by Crippen LogP contribution is -1.98. The molecule has 0 N–H and O–H groups in total. The summed E-state index contributed by atoms with van der Waals surface area (Å²) in [4.78, 5) is 0.772. The van der Waals surface area contributed by atoms with Crippen molar-refractivity contribution in [2.45, 2.75) is 36.9 Å². The Labute approximate surface area is 106 Å². The second-order valence-corrected chi connectivity index (χ2v) is 5.96. The molecule has 0 radical (unpaired) electrons. The maximum atomic E-state index is 5.15. The first-order valence-corrected chi connectivity index (χ1v) is 6.96. The molecule has 2 atom stereocenters. The van der Waals surface area contributed by atoms with Crippen LogP contribution in [0.25, 0.3) is 0 Å². The van der Waals surface area contributed by atoms with Crippen LogP contribution in [-0.4, -0.2) is 11.9 Å². The van der Waals surface area contributed by atoms with Crippen molar-refractivity contribution in [1.29, 1.82) is 0 Å². The second-order valence-electron chi connectivity index (χ2n) is 4.66. The van der Waals surface area contributed by atoms with E-state index >= 15 is 0 Å². The Morgan fingerprint density at radius 2 is 2.00 bits per heavy atom. The first-order valence-electron chi connectivity index (χ1n) is 6.05. The normalized spacial score (nSPS) is 24.6. The van der Waals surface area contributed by atoms with E-state index in [1.165, 1.54) is 37.7 Å². The monoisotopic (exact) mass is 282 g/mol. The summed E-state index contributed by atoms with van der Waals surface area (Å²) in [7, 11) is 1.71. The molecule has 0 saturated heterocycles. The minimum absolute atomic E-state index is 0.772. The molecule has 0 amide bonds. The van der Waals surface area contributed by atoms with Crippen LogP contribution in [0.5, 0.6) is 5.75 Å². The third-order valence-electron chi connectivity index (χ3n) is 3.48. The van der Waals surface area contributed by atoms with Gasteiger partial charge in [-0.3, -0.25) is 0 Å². The van der Waals surface area contributed by atoms with Gasteiger partial charge in [0.15, 0.2) is 0 Å². The predicted molar refractivity (Wildman–Crippen MR) is 71.4 cm³/mol. The Morgan fingerprint density at radius 1 is 1.25 bits per heavy atom. The summed E-state index contributed by atoms with van der Waals surface area (Å²) < 4.78 is 5.15. The van der Waals surface area contributed by atoms with Crippen LogP contribution in [0.3, 0.4) is 0 Å². The Hall–Kier alpha value is -0.500. The number of halogens is 1. The average Bonchev–Trinajstić information content (AvgIpc) is 2.73. The van der Waals surface area contributed by atoms with E-state index in [2.05, 4.69) is 40.2 Å². The molecule has 1 aliphatic carbocycles. The van der Waals surface area contributed by atoms with Crippen LogP contribution in [0.15, 0.2) is 24.3 Å². The maximum absolute atomic E-state index is 5.15. The smallest absolute Gasteiger partial charge is 0.118 e. The minimum atomic E-state index is 0.772. The zero-order chi connectivity index (χ0) is 11.4. The number of hydrogen-bond acceptors (Lipinski definition) is 1. The summed E-state index contributed by atoms with van der Waals surface area (Å²) in [5, 5.41) is 0. The summed E-state index contributed by atoms with van der Waals surface area (Å²) in [6, 6.07) is 8.47. The van der Waals surface area contributed by atoms with Crippen molar-refractivity contribution in [3.8, 4) is 5.75 Å². The van der Waals surface area contributed by atoms with E-state index < -0.39 is 0 Å². The molecule has 16 heavy (non-hydrogen) atoms. The van der Waals surface area contributed by atoms with Gasteiger partial charge in [0, 0.05) is 4.83 Å². The number of rotatable bonds is 4. The van der Waals surface area contributed by atoms with Crippen molar-refractivity contribution in [1.82, 2.24) is 0 Å². The Bertz CT molecular complexity index is 320. The Morgan fingerprint density at radius 3 is 2.56 bits per heavy atom. The highest BCUT2D eigenvalue weighted by atomic mass is 79.9. The molecule has 1 aromatic rings. The number of alkyl halides is 1. The highest BCUT2D eigenvalue weighted by molar-refractivity contribution is 9.09. The Balaban J connectivity index is 1.80. The minimum Gasteiger partial charge on any atom is -0.497 e. The van der Waals surface area contributed by atoms with Crippen molar-refractivity contribution in [2.75, 3.05) is 7.11 Å². The van der Waals surface area contributed by atoms with Gasteiger partial charge in [-0.25, -0.2) is 0 Å². The third kappa shape index (κ3) is 3.24. The molecule has 2 unspecified atom stereocenters. The van der Waals surface area contributed by atoms with Gasteiger partial charge in [-0.15, -0.1) is 0 Å². The molecule has 1 fully saturated rings. The molecular weight excluding hydrogens is 264 g/mol.